The SMILES string of the molecule is Cc1ccc(S(=O)(=O)Nc2cccn3nc(C4CCC4)nc23)cc1C. The molecule has 7 heteroatoms. The fourth-order valence-electron chi connectivity index (χ4n) is 2.93. The van der Waals surface area contributed by atoms with Crippen LogP contribution in [0.15, 0.2) is 41.4 Å². The summed E-state index contributed by atoms with van der Waals surface area (Å²) in [6.45, 7) is 3.86. The summed E-state index contributed by atoms with van der Waals surface area (Å²) < 4.78 is 29.8. The van der Waals surface area contributed by atoms with E-state index in [0.29, 0.717) is 17.3 Å². The van der Waals surface area contributed by atoms with Gasteiger partial charge >= 0.3 is 0 Å². The number of benzene rings is 1. The molecule has 4 rings (SSSR count). The van der Waals surface area contributed by atoms with Crippen LogP contribution in [-0.2, 0) is 10.0 Å². The van der Waals surface area contributed by atoms with Crippen LogP contribution in [-0.4, -0.2) is 23.0 Å². The molecular weight excluding hydrogens is 336 g/mol. The average molecular weight is 356 g/mol. The van der Waals surface area contributed by atoms with Gasteiger partial charge in [-0.1, -0.05) is 12.5 Å². The van der Waals surface area contributed by atoms with E-state index in [-0.39, 0.29) is 4.90 Å². The van der Waals surface area contributed by atoms with Crippen molar-refractivity contribution in [3.05, 3.63) is 53.5 Å². The summed E-state index contributed by atoms with van der Waals surface area (Å²) in [5.41, 5.74) is 2.98. The maximum absolute atomic E-state index is 12.7. The van der Waals surface area contributed by atoms with Gasteiger partial charge < -0.3 is 0 Å². The number of pyridine rings is 1. The molecule has 0 aliphatic heterocycles. The zero-order chi connectivity index (χ0) is 17.6. The van der Waals surface area contributed by atoms with Crippen molar-refractivity contribution in [3.8, 4) is 0 Å². The lowest BCUT2D eigenvalue weighted by atomic mass is 9.85. The molecule has 1 N–H and O–H groups in total. The summed E-state index contributed by atoms with van der Waals surface area (Å²) in [5, 5.41) is 4.49. The molecule has 1 saturated carbocycles. The van der Waals surface area contributed by atoms with Gasteiger partial charge in [-0.15, -0.1) is 0 Å². The van der Waals surface area contributed by atoms with Crippen molar-refractivity contribution in [1.82, 2.24) is 14.6 Å². The Hall–Kier alpha value is -2.41. The molecule has 6 nitrogen and oxygen atoms in total. The van der Waals surface area contributed by atoms with Crippen LogP contribution >= 0.6 is 0 Å². The Morgan fingerprint density at radius 1 is 1.16 bits per heavy atom. The molecule has 0 amide bonds. The first-order chi connectivity index (χ1) is 11.9. The summed E-state index contributed by atoms with van der Waals surface area (Å²) in [6, 6.07) is 8.60. The maximum atomic E-state index is 12.7. The number of nitrogens with zero attached hydrogens (tertiary/aromatic N) is 3. The molecular formula is C18H20N4O2S. The van der Waals surface area contributed by atoms with Crippen molar-refractivity contribution in [3.63, 3.8) is 0 Å². The topological polar surface area (TPSA) is 76.4 Å². The van der Waals surface area contributed by atoms with Gasteiger partial charge in [0.1, 0.15) is 0 Å². The van der Waals surface area contributed by atoms with Crippen LogP contribution in [0.2, 0.25) is 0 Å². The first kappa shape index (κ1) is 16.1. The van der Waals surface area contributed by atoms with Gasteiger partial charge in [-0.25, -0.2) is 17.9 Å². The highest BCUT2D eigenvalue weighted by Crippen LogP contribution is 2.35. The zero-order valence-electron chi connectivity index (χ0n) is 14.2. The minimum Gasteiger partial charge on any atom is -0.276 e. The number of aryl methyl sites for hydroxylation is 2. The molecule has 1 fully saturated rings. The van der Waals surface area contributed by atoms with Gasteiger partial charge in [0.2, 0.25) is 0 Å². The average Bonchev–Trinajstić information content (AvgIpc) is 2.92. The monoisotopic (exact) mass is 356 g/mol. The van der Waals surface area contributed by atoms with E-state index >= 15 is 0 Å². The summed E-state index contributed by atoms with van der Waals surface area (Å²) >= 11 is 0. The van der Waals surface area contributed by atoms with Gasteiger partial charge in [0.15, 0.2) is 11.5 Å². The van der Waals surface area contributed by atoms with Crippen molar-refractivity contribution < 1.29 is 8.42 Å². The Morgan fingerprint density at radius 3 is 2.64 bits per heavy atom. The minimum atomic E-state index is -3.68. The first-order valence-corrected chi connectivity index (χ1v) is 9.88. The van der Waals surface area contributed by atoms with Gasteiger partial charge in [-0.3, -0.25) is 4.72 Å². The van der Waals surface area contributed by atoms with Crippen LogP contribution in [0.25, 0.3) is 5.65 Å². The van der Waals surface area contributed by atoms with E-state index in [4.69, 9.17) is 0 Å². The maximum Gasteiger partial charge on any atom is 0.262 e. The van der Waals surface area contributed by atoms with Gasteiger partial charge in [-0.05, 0) is 62.1 Å². The van der Waals surface area contributed by atoms with E-state index in [1.165, 1.54) is 6.42 Å². The van der Waals surface area contributed by atoms with Crippen molar-refractivity contribution in [2.45, 2.75) is 43.9 Å². The molecule has 3 aromatic rings. The molecule has 0 unspecified atom stereocenters. The lowest BCUT2D eigenvalue weighted by Crippen LogP contribution is -2.14. The van der Waals surface area contributed by atoms with Gasteiger partial charge in [0.25, 0.3) is 10.0 Å². The van der Waals surface area contributed by atoms with Crippen molar-refractivity contribution in [2.75, 3.05) is 4.72 Å². The van der Waals surface area contributed by atoms with Crippen molar-refractivity contribution >= 4 is 21.4 Å². The molecule has 0 atom stereocenters. The summed E-state index contributed by atoms with van der Waals surface area (Å²) in [5.74, 6) is 1.19. The van der Waals surface area contributed by atoms with E-state index in [1.54, 1.807) is 35.0 Å². The number of hydrogen-bond donors (Lipinski definition) is 1. The second-order valence-corrected chi connectivity index (χ2v) is 8.32. The predicted molar refractivity (Wildman–Crippen MR) is 96.3 cm³/mol. The van der Waals surface area contributed by atoms with Crippen LogP contribution < -0.4 is 4.72 Å². The Bertz CT molecular complexity index is 1050. The molecule has 0 saturated heterocycles. The number of hydrogen-bond acceptors (Lipinski definition) is 4. The zero-order valence-corrected chi connectivity index (χ0v) is 15.0. The third kappa shape index (κ3) is 2.89. The van der Waals surface area contributed by atoms with Crippen LogP contribution in [0, 0.1) is 13.8 Å². The number of fused-ring (bicyclic) bond motifs is 1. The molecule has 2 heterocycles. The van der Waals surface area contributed by atoms with Gasteiger partial charge in [-0.2, -0.15) is 5.10 Å². The highest BCUT2D eigenvalue weighted by Gasteiger charge is 2.25. The molecule has 0 spiro atoms. The van der Waals surface area contributed by atoms with Crippen molar-refractivity contribution in [2.24, 2.45) is 0 Å². The Kier molecular flexibility index (Phi) is 3.76. The number of sulfonamides is 1. The van der Waals surface area contributed by atoms with E-state index in [1.807, 2.05) is 19.9 Å². The molecule has 25 heavy (non-hydrogen) atoms. The molecule has 2 aromatic heterocycles. The predicted octanol–water partition coefficient (Wildman–Crippen LogP) is 3.41. The largest absolute Gasteiger partial charge is 0.276 e. The summed E-state index contributed by atoms with van der Waals surface area (Å²) in [7, 11) is -3.68. The normalized spacial score (nSPS) is 15.3. The third-order valence-electron chi connectivity index (χ3n) is 4.88. The van der Waals surface area contributed by atoms with Crippen LogP contribution in [0.5, 0.6) is 0 Å². The molecule has 0 radical (unpaired) electrons. The van der Waals surface area contributed by atoms with Crippen LogP contribution in [0.1, 0.15) is 42.1 Å². The van der Waals surface area contributed by atoms with Crippen LogP contribution in [0.3, 0.4) is 0 Å². The quantitative estimate of drug-likeness (QED) is 0.777. The van der Waals surface area contributed by atoms with Crippen LogP contribution in [0.4, 0.5) is 5.69 Å². The Balaban J connectivity index is 1.71. The first-order valence-electron chi connectivity index (χ1n) is 8.39. The van der Waals surface area contributed by atoms with E-state index in [9.17, 15) is 8.42 Å². The highest BCUT2D eigenvalue weighted by atomic mass is 32.2. The van der Waals surface area contributed by atoms with Gasteiger partial charge in [0.05, 0.1) is 10.6 Å². The fraction of sp³-hybridized carbons (Fsp3) is 0.333. The third-order valence-corrected chi connectivity index (χ3v) is 6.25. The number of anilines is 1. The summed E-state index contributed by atoms with van der Waals surface area (Å²) in [4.78, 5) is 4.82. The second-order valence-electron chi connectivity index (χ2n) is 6.64. The van der Waals surface area contributed by atoms with Gasteiger partial charge in [0, 0.05) is 12.1 Å². The van der Waals surface area contributed by atoms with E-state index < -0.39 is 10.0 Å². The number of nitrogens with one attached hydrogen (secondary N) is 1. The second kappa shape index (κ2) is 5.84. The number of rotatable bonds is 4. The molecule has 1 aliphatic carbocycles. The highest BCUT2D eigenvalue weighted by molar-refractivity contribution is 7.92. The molecule has 1 aromatic carbocycles. The molecule has 1 aliphatic rings. The fourth-order valence-corrected chi connectivity index (χ4v) is 4.07. The summed E-state index contributed by atoms with van der Waals surface area (Å²) in [6.07, 6.45) is 5.19. The number of aromatic nitrogens is 3. The molecule has 0 bridgehead atoms. The molecule has 130 valence electrons. The van der Waals surface area contributed by atoms with E-state index in [2.05, 4.69) is 14.8 Å². The lowest BCUT2D eigenvalue weighted by Gasteiger charge is -2.21. The lowest BCUT2D eigenvalue weighted by molar-refractivity contribution is 0.402. The van der Waals surface area contributed by atoms with E-state index in [0.717, 1.165) is 29.8 Å². The van der Waals surface area contributed by atoms with Crippen molar-refractivity contribution in [1.29, 1.82) is 0 Å². The smallest absolute Gasteiger partial charge is 0.262 e. The minimum absolute atomic E-state index is 0.247. The standard InChI is InChI=1S/C18H20N4O2S/c1-12-8-9-15(11-13(12)2)25(23,24)21-16-7-4-10-22-18(16)19-17(20-22)14-5-3-6-14/h4,7-11,14,21H,3,5-6H2,1-2H3. The Labute approximate surface area is 147 Å². The Morgan fingerprint density at radius 2 is 1.96 bits per heavy atom.